The van der Waals surface area contributed by atoms with Crippen LogP contribution in [-0.4, -0.2) is 12.6 Å². The van der Waals surface area contributed by atoms with Crippen molar-refractivity contribution in [2.24, 2.45) is 5.92 Å². The fraction of sp³-hybridized carbons (Fsp3) is 0.714. The minimum atomic E-state index is 0.711. The van der Waals surface area contributed by atoms with Crippen molar-refractivity contribution >= 4 is 22.9 Å². The van der Waals surface area contributed by atoms with Gasteiger partial charge in [0.05, 0.1) is 4.34 Å². The Kier molecular flexibility index (Phi) is 5.33. The molecular formula is C14H22ClNS. The van der Waals surface area contributed by atoms with Crippen LogP contribution < -0.4 is 5.32 Å². The Morgan fingerprint density at radius 1 is 1.41 bits per heavy atom. The zero-order chi connectivity index (χ0) is 12.1. The van der Waals surface area contributed by atoms with Gasteiger partial charge in [-0.3, -0.25) is 0 Å². The summed E-state index contributed by atoms with van der Waals surface area (Å²) in [6.45, 7) is 3.30. The van der Waals surface area contributed by atoms with E-state index in [1.165, 1.54) is 43.4 Å². The Bertz CT molecular complexity index is 331. The van der Waals surface area contributed by atoms with Crippen LogP contribution in [0.15, 0.2) is 12.1 Å². The van der Waals surface area contributed by atoms with Gasteiger partial charge >= 0.3 is 0 Å². The average molecular weight is 272 g/mol. The van der Waals surface area contributed by atoms with Crippen molar-refractivity contribution in [1.82, 2.24) is 5.32 Å². The molecule has 1 nitrogen and oxygen atoms in total. The standard InChI is InChI=1S/C14H22ClNS/c1-2-16-13(11-5-3-4-6-11)9-7-12-8-10-14(15)17-12/h8,10-11,13,16H,2-7,9H2,1H3. The topological polar surface area (TPSA) is 12.0 Å². The lowest BCUT2D eigenvalue weighted by Crippen LogP contribution is -2.35. The Morgan fingerprint density at radius 2 is 2.18 bits per heavy atom. The van der Waals surface area contributed by atoms with Crippen LogP contribution in [0.25, 0.3) is 0 Å². The molecule has 1 atom stereocenters. The number of thiophene rings is 1. The zero-order valence-corrected chi connectivity index (χ0v) is 12.1. The van der Waals surface area contributed by atoms with Crippen LogP contribution in [0.3, 0.4) is 0 Å². The molecule has 1 aromatic rings. The summed E-state index contributed by atoms with van der Waals surface area (Å²) in [6, 6.07) is 4.90. The van der Waals surface area contributed by atoms with Crippen molar-refractivity contribution in [3.63, 3.8) is 0 Å². The highest BCUT2D eigenvalue weighted by Crippen LogP contribution is 2.30. The SMILES string of the molecule is CCNC(CCc1ccc(Cl)s1)C1CCCC1. The second-order valence-corrected chi connectivity index (χ2v) is 6.75. The number of nitrogens with one attached hydrogen (secondary N) is 1. The summed E-state index contributed by atoms with van der Waals surface area (Å²) in [5.74, 6) is 0.908. The third kappa shape index (κ3) is 3.97. The van der Waals surface area contributed by atoms with Crippen molar-refractivity contribution in [1.29, 1.82) is 0 Å². The fourth-order valence-corrected chi connectivity index (χ4v) is 4.01. The summed E-state index contributed by atoms with van der Waals surface area (Å²) in [7, 11) is 0. The highest BCUT2D eigenvalue weighted by Gasteiger charge is 2.23. The van der Waals surface area contributed by atoms with E-state index in [2.05, 4.69) is 18.3 Å². The first-order chi connectivity index (χ1) is 8.29. The molecule has 0 aliphatic heterocycles. The van der Waals surface area contributed by atoms with Crippen LogP contribution >= 0.6 is 22.9 Å². The van der Waals surface area contributed by atoms with E-state index in [1.807, 2.05) is 6.07 Å². The predicted octanol–water partition coefficient (Wildman–Crippen LogP) is 4.50. The van der Waals surface area contributed by atoms with Gasteiger partial charge in [-0.25, -0.2) is 0 Å². The second-order valence-electron chi connectivity index (χ2n) is 4.95. The Hall–Kier alpha value is -0.0500. The third-order valence-electron chi connectivity index (χ3n) is 3.77. The molecule has 1 aliphatic rings. The monoisotopic (exact) mass is 271 g/mol. The van der Waals surface area contributed by atoms with Gasteiger partial charge in [-0.15, -0.1) is 11.3 Å². The van der Waals surface area contributed by atoms with Gasteiger partial charge in [0.25, 0.3) is 0 Å². The molecule has 1 N–H and O–H groups in total. The number of hydrogen-bond acceptors (Lipinski definition) is 2. The van der Waals surface area contributed by atoms with Gasteiger partial charge in [0.15, 0.2) is 0 Å². The molecule has 1 aliphatic carbocycles. The Balaban J connectivity index is 1.84. The fourth-order valence-electron chi connectivity index (χ4n) is 2.91. The summed E-state index contributed by atoms with van der Waals surface area (Å²) < 4.78 is 0.917. The molecule has 17 heavy (non-hydrogen) atoms. The minimum absolute atomic E-state index is 0.711. The van der Waals surface area contributed by atoms with Crippen molar-refractivity contribution < 1.29 is 0 Å². The first-order valence-electron chi connectivity index (χ1n) is 6.77. The van der Waals surface area contributed by atoms with E-state index in [-0.39, 0.29) is 0 Å². The van der Waals surface area contributed by atoms with Gasteiger partial charge in [-0.05, 0) is 50.3 Å². The van der Waals surface area contributed by atoms with E-state index in [1.54, 1.807) is 11.3 Å². The van der Waals surface area contributed by atoms with E-state index in [4.69, 9.17) is 11.6 Å². The van der Waals surface area contributed by atoms with Gasteiger partial charge in [0.1, 0.15) is 0 Å². The number of hydrogen-bond donors (Lipinski definition) is 1. The first kappa shape index (κ1) is 13.4. The Morgan fingerprint density at radius 3 is 2.76 bits per heavy atom. The largest absolute Gasteiger partial charge is 0.314 e. The molecule has 1 unspecified atom stereocenters. The highest BCUT2D eigenvalue weighted by molar-refractivity contribution is 7.16. The van der Waals surface area contributed by atoms with Gasteiger partial charge in [0, 0.05) is 10.9 Å². The number of rotatable bonds is 6. The van der Waals surface area contributed by atoms with Crippen LogP contribution in [0.4, 0.5) is 0 Å². The number of halogens is 1. The smallest absolute Gasteiger partial charge is 0.0931 e. The summed E-state index contributed by atoms with van der Waals surface area (Å²) in [5, 5.41) is 3.67. The Labute approximate surface area is 114 Å². The predicted molar refractivity (Wildman–Crippen MR) is 77.1 cm³/mol. The molecule has 0 aromatic carbocycles. The quantitative estimate of drug-likeness (QED) is 0.803. The van der Waals surface area contributed by atoms with Crippen molar-refractivity contribution in [2.75, 3.05) is 6.54 Å². The van der Waals surface area contributed by atoms with Crippen LogP contribution in [-0.2, 0) is 6.42 Å². The second kappa shape index (κ2) is 6.77. The highest BCUT2D eigenvalue weighted by atomic mass is 35.5. The van der Waals surface area contributed by atoms with E-state index < -0.39 is 0 Å². The molecule has 1 saturated carbocycles. The van der Waals surface area contributed by atoms with E-state index in [9.17, 15) is 0 Å². The summed E-state index contributed by atoms with van der Waals surface area (Å²) in [6.07, 6.45) is 8.13. The molecule has 0 bridgehead atoms. The van der Waals surface area contributed by atoms with Gasteiger partial charge in [-0.2, -0.15) is 0 Å². The summed E-state index contributed by atoms with van der Waals surface area (Å²) in [5.41, 5.74) is 0. The number of aryl methyl sites for hydroxylation is 1. The van der Waals surface area contributed by atoms with Crippen molar-refractivity contribution in [3.05, 3.63) is 21.3 Å². The summed E-state index contributed by atoms with van der Waals surface area (Å²) >= 11 is 7.69. The molecule has 0 amide bonds. The molecule has 3 heteroatoms. The maximum Gasteiger partial charge on any atom is 0.0931 e. The lowest BCUT2D eigenvalue weighted by Gasteiger charge is -2.24. The maximum atomic E-state index is 5.97. The first-order valence-corrected chi connectivity index (χ1v) is 7.96. The molecule has 0 spiro atoms. The van der Waals surface area contributed by atoms with Crippen LogP contribution in [0.2, 0.25) is 4.34 Å². The zero-order valence-electron chi connectivity index (χ0n) is 10.5. The van der Waals surface area contributed by atoms with Gasteiger partial charge in [-0.1, -0.05) is 31.4 Å². The lowest BCUT2D eigenvalue weighted by molar-refractivity contribution is 0.346. The minimum Gasteiger partial charge on any atom is -0.314 e. The van der Waals surface area contributed by atoms with E-state index in [0.717, 1.165) is 16.8 Å². The third-order valence-corrected chi connectivity index (χ3v) is 5.06. The molecule has 96 valence electrons. The van der Waals surface area contributed by atoms with Gasteiger partial charge in [0.2, 0.25) is 0 Å². The van der Waals surface area contributed by atoms with Crippen molar-refractivity contribution in [3.8, 4) is 0 Å². The maximum absolute atomic E-state index is 5.97. The van der Waals surface area contributed by atoms with Crippen molar-refractivity contribution in [2.45, 2.75) is 51.5 Å². The van der Waals surface area contributed by atoms with E-state index >= 15 is 0 Å². The van der Waals surface area contributed by atoms with E-state index in [0.29, 0.717) is 6.04 Å². The molecule has 1 heterocycles. The van der Waals surface area contributed by atoms with Gasteiger partial charge < -0.3 is 5.32 Å². The summed E-state index contributed by atoms with van der Waals surface area (Å²) in [4.78, 5) is 1.43. The van der Waals surface area contributed by atoms with Crippen LogP contribution in [0.5, 0.6) is 0 Å². The molecule has 0 saturated heterocycles. The molecular weight excluding hydrogens is 250 g/mol. The lowest BCUT2D eigenvalue weighted by atomic mass is 9.94. The molecule has 0 radical (unpaired) electrons. The van der Waals surface area contributed by atoms with Crippen LogP contribution in [0, 0.1) is 5.92 Å². The molecule has 1 fully saturated rings. The molecule has 2 rings (SSSR count). The average Bonchev–Trinajstić information content (AvgIpc) is 2.95. The molecule has 1 aromatic heterocycles. The normalized spacial score (nSPS) is 18.7. The van der Waals surface area contributed by atoms with Crippen LogP contribution in [0.1, 0.15) is 43.9 Å².